The smallest absolute Gasteiger partial charge is 0.0431 e. The summed E-state index contributed by atoms with van der Waals surface area (Å²) in [6.07, 6.45) is 11.0. The van der Waals surface area contributed by atoms with E-state index in [4.69, 9.17) is 5.11 Å². The summed E-state index contributed by atoms with van der Waals surface area (Å²) >= 11 is 0. The number of hydrogen-bond acceptors (Lipinski definition) is 1. The molecule has 1 N–H and O–H groups in total. The van der Waals surface area contributed by atoms with Crippen LogP contribution in [0.15, 0.2) is 11.6 Å². The van der Waals surface area contributed by atoms with Gasteiger partial charge in [0.15, 0.2) is 0 Å². The van der Waals surface area contributed by atoms with Crippen LogP contribution < -0.4 is 0 Å². The predicted octanol–water partition coefficient (Wildman–Crippen LogP) is 3.68. The lowest BCUT2D eigenvalue weighted by Gasteiger charge is -1.98. The number of aliphatic hydroxyl groups excluding tert-OH is 1. The van der Waals surface area contributed by atoms with E-state index in [1.54, 1.807) is 0 Å². The Morgan fingerprint density at radius 2 is 1.46 bits per heavy atom. The summed E-state index contributed by atoms with van der Waals surface area (Å²) in [5, 5.41) is 8.56. The molecule has 0 fully saturated rings. The lowest BCUT2D eigenvalue weighted by atomic mass is 10.1. The molecule has 0 radical (unpaired) electrons. The molecular weight excluding hydrogens is 160 g/mol. The van der Waals surface area contributed by atoms with Crippen LogP contribution >= 0.6 is 0 Å². The van der Waals surface area contributed by atoms with Gasteiger partial charge >= 0.3 is 0 Å². The highest BCUT2D eigenvalue weighted by Crippen LogP contribution is 2.08. The van der Waals surface area contributed by atoms with Crippen LogP contribution in [0.1, 0.15) is 58.8 Å². The molecule has 0 unspecified atom stereocenters. The Labute approximate surface area is 82.9 Å². The van der Waals surface area contributed by atoms with Gasteiger partial charge in [0.05, 0.1) is 0 Å². The van der Waals surface area contributed by atoms with E-state index in [2.05, 4.69) is 19.9 Å². The Hall–Kier alpha value is -0.300. The topological polar surface area (TPSA) is 20.2 Å². The van der Waals surface area contributed by atoms with Crippen LogP contribution in [0.5, 0.6) is 0 Å². The molecule has 0 aliphatic heterocycles. The Morgan fingerprint density at radius 1 is 0.923 bits per heavy atom. The lowest BCUT2D eigenvalue weighted by molar-refractivity contribution is 0.282. The van der Waals surface area contributed by atoms with Crippen molar-refractivity contribution in [1.82, 2.24) is 0 Å². The molecule has 0 aromatic carbocycles. The molecule has 1 nitrogen and oxygen atoms in total. The van der Waals surface area contributed by atoms with Crippen molar-refractivity contribution in [3.63, 3.8) is 0 Å². The van der Waals surface area contributed by atoms with Crippen molar-refractivity contribution in [2.45, 2.75) is 58.8 Å². The van der Waals surface area contributed by atoms with Crippen LogP contribution in [0, 0.1) is 0 Å². The number of rotatable bonds is 8. The Kier molecular flexibility index (Phi) is 9.56. The van der Waals surface area contributed by atoms with Gasteiger partial charge in [-0.25, -0.2) is 0 Å². The molecule has 0 aliphatic rings. The predicted molar refractivity (Wildman–Crippen MR) is 58.8 cm³/mol. The summed E-state index contributed by atoms with van der Waals surface area (Å²) in [5.41, 5.74) is 1.43. The van der Waals surface area contributed by atoms with Gasteiger partial charge in [-0.2, -0.15) is 0 Å². The Morgan fingerprint density at radius 3 is 2.00 bits per heavy atom. The van der Waals surface area contributed by atoms with Gasteiger partial charge in [0.2, 0.25) is 0 Å². The maximum absolute atomic E-state index is 8.56. The van der Waals surface area contributed by atoms with E-state index in [0.29, 0.717) is 6.61 Å². The summed E-state index contributed by atoms with van der Waals surface area (Å²) in [6.45, 7) is 4.67. The third kappa shape index (κ3) is 11.7. The van der Waals surface area contributed by atoms with Gasteiger partial charge in [-0.1, -0.05) is 37.3 Å². The van der Waals surface area contributed by atoms with Crippen molar-refractivity contribution in [2.24, 2.45) is 0 Å². The number of unbranched alkanes of at least 4 members (excludes halogenated alkanes) is 6. The summed E-state index contributed by atoms with van der Waals surface area (Å²) in [6, 6.07) is 0. The molecule has 0 bridgehead atoms. The molecule has 0 spiro atoms. The number of allylic oxidation sites excluding steroid dienone is 2. The van der Waals surface area contributed by atoms with Gasteiger partial charge in [-0.3, -0.25) is 0 Å². The van der Waals surface area contributed by atoms with E-state index in [1.807, 2.05) is 0 Å². The zero-order valence-corrected chi connectivity index (χ0v) is 9.18. The van der Waals surface area contributed by atoms with Crippen molar-refractivity contribution in [1.29, 1.82) is 0 Å². The van der Waals surface area contributed by atoms with E-state index in [1.165, 1.54) is 44.1 Å². The third-order valence-corrected chi connectivity index (χ3v) is 2.16. The monoisotopic (exact) mass is 184 g/mol. The molecule has 13 heavy (non-hydrogen) atoms. The molecule has 0 aromatic rings. The molecule has 0 rings (SSSR count). The largest absolute Gasteiger partial charge is 0.396 e. The molecule has 0 saturated carbocycles. The standard InChI is InChI=1S/C12H24O/c1-12(2)10-8-6-4-3-5-7-9-11-13/h10,13H,3-9,11H2,1-2H3. The van der Waals surface area contributed by atoms with Crippen LogP contribution in [-0.4, -0.2) is 11.7 Å². The fourth-order valence-electron chi connectivity index (χ4n) is 1.35. The summed E-state index contributed by atoms with van der Waals surface area (Å²) in [7, 11) is 0. The zero-order valence-electron chi connectivity index (χ0n) is 9.18. The first-order valence-electron chi connectivity index (χ1n) is 5.51. The van der Waals surface area contributed by atoms with Crippen LogP contribution in [0.2, 0.25) is 0 Å². The second-order valence-electron chi connectivity index (χ2n) is 3.92. The van der Waals surface area contributed by atoms with Crippen molar-refractivity contribution in [2.75, 3.05) is 6.61 Å². The Balaban J connectivity index is 2.96. The molecule has 0 aliphatic carbocycles. The third-order valence-electron chi connectivity index (χ3n) is 2.16. The summed E-state index contributed by atoms with van der Waals surface area (Å²) < 4.78 is 0. The highest BCUT2D eigenvalue weighted by molar-refractivity contribution is 4.92. The van der Waals surface area contributed by atoms with E-state index < -0.39 is 0 Å². The minimum atomic E-state index is 0.359. The van der Waals surface area contributed by atoms with Crippen LogP contribution in [-0.2, 0) is 0 Å². The molecule has 1 heteroatoms. The SMILES string of the molecule is CC(C)=CCCCCCCCCO. The molecule has 0 heterocycles. The second kappa shape index (κ2) is 9.79. The van der Waals surface area contributed by atoms with E-state index >= 15 is 0 Å². The fourth-order valence-corrected chi connectivity index (χ4v) is 1.35. The maximum atomic E-state index is 8.56. The van der Waals surface area contributed by atoms with E-state index in [0.717, 1.165) is 6.42 Å². The van der Waals surface area contributed by atoms with Crippen molar-refractivity contribution >= 4 is 0 Å². The first kappa shape index (κ1) is 12.7. The zero-order chi connectivity index (χ0) is 9.94. The van der Waals surface area contributed by atoms with Crippen molar-refractivity contribution < 1.29 is 5.11 Å². The average molecular weight is 184 g/mol. The van der Waals surface area contributed by atoms with Crippen LogP contribution in [0.4, 0.5) is 0 Å². The van der Waals surface area contributed by atoms with Gasteiger partial charge in [-0.05, 0) is 33.1 Å². The molecule has 0 aromatic heterocycles. The first-order chi connectivity index (χ1) is 6.27. The van der Waals surface area contributed by atoms with Crippen molar-refractivity contribution in [3.05, 3.63) is 11.6 Å². The van der Waals surface area contributed by atoms with Gasteiger partial charge in [0, 0.05) is 6.61 Å². The van der Waals surface area contributed by atoms with Gasteiger partial charge in [0.25, 0.3) is 0 Å². The van der Waals surface area contributed by atoms with Gasteiger partial charge in [0.1, 0.15) is 0 Å². The van der Waals surface area contributed by atoms with E-state index in [-0.39, 0.29) is 0 Å². The van der Waals surface area contributed by atoms with Crippen LogP contribution in [0.3, 0.4) is 0 Å². The first-order valence-corrected chi connectivity index (χ1v) is 5.51. The molecule has 0 saturated heterocycles. The Bertz CT molecular complexity index is 123. The minimum Gasteiger partial charge on any atom is -0.396 e. The highest BCUT2D eigenvalue weighted by Gasteiger charge is 1.89. The number of aliphatic hydroxyl groups is 1. The molecule has 78 valence electrons. The molecule has 0 atom stereocenters. The van der Waals surface area contributed by atoms with Crippen LogP contribution in [0.25, 0.3) is 0 Å². The van der Waals surface area contributed by atoms with Crippen molar-refractivity contribution in [3.8, 4) is 0 Å². The lowest BCUT2D eigenvalue weighted by Crippen LogP contribution is -1.83. The molecule has 0 amide bonds. The number of hydrogen-bond donors (Lipinski definition) is 1. The summed E-state index contributed by atoms with van der Waals surface area (Å²) in [4.78, 5) is 0. The van der Waals surface area contributed by atoms with Gasteiger partial charge < -0.3 is 5.11 Å². The minimum absolute atomic E-state index is 0.359. The normalized spacial score (nSPS) is 10.1. The average Bonchev–Trinajstić information content (AvgIpc) is 2.09. The maximum Gasteiger partial charge on any atom is 0.0431 e. The quantitative estimate of drug-likeness (QED) is 0.451. The second-order valence-corrected chi connectivity index (χ2v) is 3.92. The molecular formula is C12H24O. The highest BCUT2D eigenvalue weighted by atomic mass is 16.2. The fraction of sp³-hybridized carbons (Fsp3) is 0.833. The van der Waals surface area contributed by atoms with E-state index in [9.17, 15) is 0 Å². The summed E-state index contributed by atoms with van der Waals surface area (Å²) in [5.74, 6) is 0. The van der Waals surface area contributed by atoms with Gasteiger partial charge in [-0.15, -0.1) is 0 Å².